The topological polar surface area (TPSA) is 85.8 Å². The number of nitrogens with one attached hydrogen (secondary N) is 1. The summed E-state index contributed by atoms with van der Waals surface area (Å²) in [5.74, 6) is 0.255. The predicted molar refractivity (Wildman–Crippen MR) is 149 cm³/mol. The van der Waals surface area contributed by atoms with Crippen LogP contribution in [0.5, 0.6) is 0 Å². The van der Waals surface area contributed by atoms with Gasteiger partial charge in [-0.1, -0.05) is 51.1 Å². The fourth-order valence-corrected chi connectivity index (χ4v) is 8.84. The molecule has 3 N–H and O–H groups in total. The largest absolute Gasteiger partial charge is 0.388 e. The number of likely N-dealkylation sites (N-methyl/N-ethyl adjacent to an activating group) is 1. The number of aromatic nitrogens is 1. The summed E-state index contributed by atoms with van der Waals surface area (Å²) in [5, 5.41) is 24.2. The molecule has 3 heterocycles. The second kappa shape index (κ2) is 7.57. The minimum absolute atomic E-state index is 0.0866. The maximum Gasteiger partial charge on any atom is 0.248 e. The molecule has 5 aliphatic rings. The Labute approximate surface area is 223 Å². The number of aliphatic hydroxyl groups is 2. The van der Waals surface area contributed by atoms with E-state index in [0.29, 0.717) is 6.42 Å². The normalized spacial score (nSPS) is 40.8. The van der Waals surface area contributed by atoms with Gasteiger partial charge in [0.05, 0.1) is 17.3 Å². The van der Waals surface area contributed by atoms with Gasteiger partial charge in [0, 0.05) is 29.6 Å². The van der Waals surface area contributed by atoms with E-state index in [2.05, 4.69) is 62.2 Å². The number of ether oxygens (including phenoxy) is 1. The third kappa shape index (κ3) is 2.90. The van der Waals surface area contributed by atoms with Crippen molar-refractivity contribution in [1.82, 2.24) is 9.88 Å². The first-order valence-electron chi connectivity index (χ1n) is 13.9. The van der Waals surface area contributed by atoms with Gasteiger partial charge in [0.15, 0.2) is 0 Å². The fourth-order valence-electron chi connectivity index (χ4n) is 8.84. The van der Waals surface area contributed by atoms with Gasteiger partial charge in [-0.2, -0.15) is 0 Å². The van der Waals surface area contributed by atoms with Crippen molar-refractivity contribution >= 4 is 16.3 Å². The zero-order valence-corrected chi connectivity index (χ0v) is 22.9. The van der Waals surface area contributed by atoms with E-state index in [0.717, 1.165) is 35.6 Å². The Morgan fingerprint density at radius 1 is 1.08 bits per heavy atom. The maximum atomic E-state index is 11.8. The number of hydrogen-bond acceptors (Lipinski definition) is 5. The molecule has 1 saturated carbocycles. The molecule has 200 valence electrons. The van der Waals surface area contributed by atoms with Crippen molar-refractivity contribution in [3.05, 3.63) is 75.8 Å². The summed E-state index contributed by atoms with van der Waals surface area (Å²) >= 11 is 0. The molecule has 6 nitrogen and oxygen atoms in total. The minimum Gasteiger partial charge on any atom is -0.388 e. The van der Waals surface area contributed by atoms with E-state index < -0.39 is 23.4 Å². The van der Waals surface area contributed by atoms with Crippen molar-refractivity contribution in [3.8, 4) is 0 Å². The van der Waals surface area contributed by atoms with Crippen LogP contribution in [-0.2, 0) is 4.74 Å². The SMILES string of the molecule is CN(C)C1CC23CCC4(O2)C(=CC(C)(C)C2(C)C(c5ccc6cc(=O)[nH]cc6c5)=CCC42)C=C3C(O)C1O. The Balaban J connectivity index is 1.36. The van der Waals surface area contributed by atoms with E-state index in [-0.39, 0.29) is 28.3 Å². The number of hydrogen-bond donors (Lipinski definition) is 3. The summed E-state index contributed by atoms with van der Waals surface area (Å²) in [7, 11) is 3.94. The summed E-state index contributed by atoms with van der Waals surface area (Å²) in [6, 6.07) is 7.91. The summed E-state index contributed by atoms with van der Waals surface area (Å²) in [6.45, 7) is 7.05. The number of allylic oxidation sites excluding steroid dienone is 3. The van der Waals surface area contributed by atoms with E-state index in [4.69, 9.17) is 4.74 Å². The summed E-state index contributed by atoms with van der Waals surface area (Å²) < 4.78 is 7.31. The van der Waals surface area contributed by atoms with Crippen LogP contribution in [0.3, 0.4) is 0 Å². The number of pyridine rings is 1. The monoisotopic (exact) mass is 514 g/mol. The lowest BCUT2D eigenvalue weighted by atomic mass is 9.49. The molecule has 2 fully saturated rings. The Morgan fingerprint density at radius 3 is 2.63 bits per heavy atom. The Kier molecular flexibility index (Phi) is 4.88. The Morgan fingerprint density at radius 2 is 1.87 bits per heavy atom. The molecule has 0 radical (unpaired) electrons. The van der Waals surface area contributed by atoms with Gasteiger partial charge < -0.3 is 24.8 Å². The van der Waals surface area contributed by atoms with Crippen molar-refractivity contribution in [3.63, 3.8) is 0 Å². The molecule has 7 unspecified atom stereocenters. The van der Waals surface area contributed by atoms with Gasteiger partial charge in [0.25, 0.3) is 0 Å². The van der Waals surface area contributed by atoms with Gasteiger partial charge >= 0.3 is 0 Å². The lowest BCUT2D eigenvalue weighted by Gasteiger charge is -2.60. The molecular formula is C32H38N2O4. The molecule has 1 saturated heterocycles. The van der Waals surface area contributed by atoms with Crippen LogP contribution in [0.25, 0.3) is 16.3 Å². The van der Waals surface area contributed by atoms with Gasteiger partial charge in [-0.15, -0.1) is 0 Å². The first-order valence-corrected chi connectivity index (χ1v) is 13.9. The zero-order chi connectivity index (χ0) is 26.8. The van der Waals surface area contributed by atoms with Gasteiger partial charge in [-0.3, -0.25) is 4.79 Å². The molecule has 2 aliphatic heterocycles. The van der Waals surface area contributed by atoms with Crippen LogP contribution in [0.15, 0.2) is 64.6 Å². The van der Waals surface area contributed by atoms with Crippen LogP contribution in [0.2, 0.25) is 0 Å². The van der Waals surface area contributed by atoms with Crippen LogP contribution in [-0.4, -0.2) is 63.6 Å². The fraction of sp³-hybridized carbons (Fsp3) is 0.531. The van der Waals surface area contributed by atoms with Crippen LogP contribution in [0, 0.1) is 16.7 Å². The summed E-state index contributed by atoms with van der Waals surface area (Å²) in [6.07, 6.45) is 10.4. The van der Waals surface area contributed by atoms with Gasteiger partial charge in [0.2, 0.25) is 5.56 Å². The summed E-state index contributed by atoms with van der Waals surface area (Å²) in [4.78, 5) is 16.7. The van der Waals surface area contributed by atoms with E-state index in [1.54, 1.807) is 12.3 Å². The second-order valence-electron chi connectivity index (χ2n) is 13.3. The van der Waals surface area contributed by atoms with Gasteiger partial charge in [-0.25, -0.2) is 0 Å². The molecule has 6 heteroatoms. The molecule has 2 spiro atoms. The molecule has 0 amide bonds. The van der Waals surface area contributed by atoms with Crippen LogP contribution < -0.4 is 5.56 Å². The summed E-state index contributed by atoms with van der Waals surface area (Å²) in [5.41, 5.74) is 3.19. The average Bonchev–Trinajstić information content (AvgIpc) is 3.40. The van der Waals surface area contributed by atoms with Crippen molar-refractivity contribution in [2.75, 3.05) is 14.1 Å². The number of fused-ring (bicyclic) bond motifs is 2. The molecular weight excluding hydrogens is 476 g/mol. The number of rotatable bonds is 2. The zero-order valence-electron chi connectivity index (χ0n) is 22.9. The highest BCUT2D eigenvalue weighted by molar-refractivity contribution is 5.87. The number of H-pyrrole nitrogens is 1. The Hall–Kier alpha value is -2.51. The molecule has 1 aromatic heterocycles. The standard InChI is InChI=1S/C32H38N2O4/c1-29(2)15-21-14-23-27(36)28(37)24(34(4)5)16-31(23)10-11-32(21,38-31)25-9-8-22(30(25,29)3)19-7-6-18-13-26(35)33-17-20(18)12-19/h6-8,12-15,17,24-25,27-28,36-37H,9-11,16H2,1-5H3,(H,33,35). The van der Waals surface area contributed by atoms with Crippen molar-refractivity contribution < 1.29 is 14.9 Å². The number of nitrogens with zero attached hydrogens (tertiary/aromatic N) is 1. The molecule has 38 heavy (non-hydrogen) atoms. The third-order valence-corrected chi connectivity index (χ3v) is 11.1. The van der Waals surface area contributed by atoms with E-state index in [1.807, 2.05) is 19.0 Å². The van der Waals surface area contributed by atoms with Crippen LogP contribution in [0.4, 0.5) is 0 Å². The van der Waals surface area contributed by atoms with E-state index >= 15 is 0 Å². The molecule has 7 atom stereocenters. The molecule has 7 rings (SSSR count). The van der Waals surface area contributed by atoms with Crippen molar-refractivity contribution in [2.24, 2.45) is 16.7 Å². The lowest BCUT2D eigenvalue weighted by Crippen LogP contribution is -2.63. The quantitative estimate of drug-likeness (QED) is 0.560. The molecule has 2 bridgehead atoms. The van der Waals surface area contributed by atoms with Gasteiger partial charge in [-0.05, 0) is 84.3 Å². The second-order valence-corrected chi connectivity index (χ2v) is 13.3. The minimum atomic E-state index is -0.925. The number of aliphatic hydroxyl groups excluding tert-OH is 2. The average molecular weight is 515 g/mol. The van der Waals surface area contributed by atoms with Crippen LogP contribution >= 0.6 is 0 Å². The van der Waals surface area contributed by atoms with Crippen molar-refractivity contribution in [2.45, 2.75) is 75.9 Å². The van der Waals surface area contributed by atoms with Crippen LogP contribution in [0.1, 0.15) is 52.0 Å². The van der Waals surface area contributed by atoms with Gasteiger partial charge in [0.1, 0.15) is 6.10 Å². The highest BCUT2D eigenvalue weighted by Gasteiger charge is 2.70. The molecule has 1 aromatic carbocycles. The molecule has 3 aliphatic carbocycles. The van der Waals surface area contributed by atoms with E-state index in [1.165, 1.54) is 16.7 Å². The number of aromatic amines is 1. The Bertz CT molecular complexity index is 1510. The predicted octanol–water partition coefficient (Wildman–Crippen LogP) is 4.19. The van der Waals surface area contributed by atoms with E-state index in [9.17, 15) is 15.0 Å². The highest BCUT2D eigenvalue weighted by Crippen LogP contribution is 2.71. The number of benzene rings is 1. The first-order chi connectivity index (χ1) is 17.9. The first kappa shape index (κ1) is 24.5. The third-order valence-electron chi connectivity index (χ3n) is 11.1. The smallest absolute Gasteiger partial charge is 0.248 e. The molecule has 2 aromatic rings. The highest BCUT2D eigenvalue weighted by atomic mass is 16.5. The lowest BCUT2D eigenvalue weighted by molar-refractivity contribution is -0.170. The maximum absolute atomic E-state index is 11.8. The van der Waals surface area contributed by atoms with Crippen molar-refractivity contribution in [1.29, 1.82) is 0 Å².